The summed E-state index contributed by atoms with van der Waals surface area (Å²) in [6.45, 7) is 2.70. The highest BCUT2D eigenvalue weighted by Gasteiger charge is 2.36. The maximum atomic E-state index is 12.9. The van der Waals surface area contributed by atoms with Gasteiger partial charge in [0.2, 0.25) is 0 Å². The molecule has 1 aliphatic rings. The predicted molar refractivity (Wildman–Crippen MR) is 98.5 cm³/mol. The fourth-order valence-electron chi connectivity index (χ4n) is 3.27. The number of allylic oxidation sites excluding steroid dienone is 1. The second kappa shape index (κ2) is 6.72. The van der Waals surface area contributed by atoms with Crippen LogP contribution in [0.4, 0.5) is 0 Å². The average molecular weight is 366 g/mol. The number of rotatable bonds is 3. The van der Waals surface area contributed by atoms with Gasteiger partial charge in [-0.15, -0.1) is 0 Å². The van der Waals surface area contributed by atoms with Crippen molar-refractivity contribution in [3.05, 3.63) is 58.7 Å². The molecule has 27 heavy (non-hydrogen) atoms. The minimum atomic E-state index is -0.941. The number of phenols is 2. The minimum absolute atomic E-state index is 0.0271. The molecule has 0 amide bonds. The Labute approximate surface area is 155 Å². The van der Waals surface area contributed by atoms with Crippen molar-refractivity contribution in [3.8, 4) is 11.5 Å². The van der Waals surface area contributed by atoms with Crippen LogP contribution in [0.3, 0.4) is 0 Å². The predicted octanol–water partition coefficient (Wildman–Crippen LogP) is 3.06. The van der Waals surface area contributed by atoms with Crippen LogP contribution in [0.1, 0.15) is 40.9 Å². The molecule has 2 aromatic carbocycles. The minimum Gasteiger partial charge on any atom is -0.508 e. The molecule has 0 saturated heterocycles. The summed E-state index contributed by atoms with van der Waals surface area (Å²) in [5.74, 6) is -3.08. The Morgan fingerprint density at radius 1 is 0.963 bits per heavy atom. The number of phenolic OH excluding ortho intramolecular Hbond substituents is 2. The molecule has 3 rings (SSSR count). The molecular formula is C21H18O6. The number of hydrogen-bond acceptors (Lipinski definition) is 6. The Hall–Kier alpha value is -3.41. The number of aromatic hydroxyl groups is 2. The van der Waals surface area contributed by atoms with Crippen LogP contribution in [0.15, 0.2) is 36.4 Å². The van der Waals surface area contributed by atoms with Crippen molar-refractivity contribution in [1.29, 1.82) is 0 Å². The van der Waals surface area contributed by atoms with Crippen LogP contribution in [0.25, 0.3) is 11.3 Å². The lowest BCUT2D eigenvalue weighted by atomic mass is 9.76. The molecule has 0 spiro atoms. The van der Waals surface area contributed by atoms with E-state index in [2.05, 4.69) is 0 Å². The zero-order valence-electron chi connectivity index (χ0n) is 14.8. The van der Waals surface area contributed by atoms with Crippen LogP contribution in [0, 0.1) is 5.92 Å². The summed E-state index contributed by atoms with van der Waals surface area (Å²) >= 11 is 0. The van der Waals surface area contributed by atoms with Crippen LogP contribution < -0.4 is 0 Å². The van der Waals surface area contributed by atoms with Gasteiger partial charge in [0.05, 0.1) is 11.5 Å². The molecule has 0 aliphatic heterocycles. The summed E-state index contributed by atoms with van der Waals surface area (Å²) in [5.41, 5.74) is 1.31. The van der Waals surface area contributed by atoms with Crippen molar-refractivity contribution in [2.24, 2.45) is 5.92 Å². The number of carbonyl (C=O) groups is 3. The van der Waals surface area contributed by atoms with E-state index in [1.807, 2.05) is 0 Å². The molecule has 0 saturated carbocycles. The fraction of sp³-hybridized carbons (Fsp3) is 0.190. The Kier molecular flexibility index (Phi) is 4.57. The van der Waals surface area contributed by atoms with Gasteiger partial charge in [0.15, 0.2) is 11.6 Å². The van der Waals surface area contributed by atoms with E-state index in [9.17, 15) is 29.7 Å². The second-order valence-electron chi connectivity index (χ2n) is 6.62. The first-order chi connectivity index (χ1) is 12.7. The van der Waals surface area contributed by atoms with Gasteiger partial charge in [-0.1, -0.05) is 12.1 Å². The number of ketones is 3. The number of benzene rings is 2. The molecule has 3 N–H and O–H groups in total. The third kappa shape index (κ3) is 3.33. The van der Waals surface area contributed by atoms with Crippen LogP contribution in [0.2, 0.25) is 0 Å². The first-order valence-electron chi connectivity index (χ1n) is 8.34. The average Bonchev–Trinajstić information content (AvgIpc) is 2.59. The van der Waals surface area contributed by atoms with Gasteiger partial charge >= 0.3 is 0 Å². The summed E-state index contributed by atoms with van der Waals surface area (Å²) in [4.78, 5) is 36.6. The normalized spacial score (nSPS) is 18.0. The third-order valence-electron chi connectivity index (χ3n) is 4.68. The van der Waals surface area contributed by atoms with Crippen LogP contribution >= 0.6 is 0 Å². The van der Waals surface area contributed by atoms with Gasteiger partial charge in [-0.05, 0) is 49.6 Å². The van der Waals surface area contributed by atoms with Gasteiger partial charge < -0.3 is 15.3 Å². The molecule has 138 valence electrons. The van der Waals surface area contributed by atoms with Gasteiger partial charge in [0.25, 0.3) is 0 Å². The summed E-state index contributed by atoms with van der Waals surface area (Å²) in [5, 5.41) is 30.1. The molecule has 1 atom stereocenters. The Morgan fingerprint density at radius 2 is 1.59 bits per heavy atom. The van der Waals surface area contributed by atoms with Crippen molar-refractivity contribution in [2.45, 2.75) is 20.3 Å². The Bertz CT molecular complexity index is 995. The molecule has 0 radical (unpaired) electrons. The van der Waals surface area contributed by atoms with E-state index < -0.39 is 17.5 Å². The van der Waals surface area contributed by atoms with Gasteiger partial charge in [-0.2, -0.15) is 0 Å². The van der Waals surface area contributed by atoms with Gasteiger partial charge in [0.1, 0.15) is 23.0 Å². The van der Waals surface area contributed by atoms with Gasteiger partial charge in [0, 0.05) is 17.2 Å². The number of hydrogen-bond donors (Lipinski definition) is 3. The SMILES string of the molecule is CC(=O)c1ccc2c(c1)/C(=C(/O)c1cc(O)cc(O)c1)C(=O)C(C(C)=O)C2. The standard InChI is InChI=1S/C21H18O6/c1-10(22)12-3-4-13-8-17(11(2)23)21(27)19(18(13)7-12)20(26)14-5-15(24)9-16(25)6-14/h3-7,9,17,24-26H,8H2,1-2H3/b20-19-. The summed E-state index contributed by atoms with van der Waals surface area (Å²) in [6, 6.07) is 8.28. The van der Waals surface area contributed by atoms with E-state index in [0.29, 0.717) is 16.7 Å². The lowest BCUT2D eigenvalue weighted by Gasteiger charge is -2.25. The zero-order valence-corrected chi connectivity index (χ0v) is 14.8. The van der Waals surface area contributed by atoms with Crippen LogP contribution in [-0.4, -0.2) is 32.7 Å². The van der Waals surface area contributed by atoms with Gasteiger partial charge in [-0.3, -0.25) is 14.4 Å². The van der Waals surface area contributed by atoms with Gasteiger partial charge in [-0.25, -0.2) is 0 Å². The van der Waals surface area contributed by atoms with Crippen LogP contribution in [-0.2, 0) is 16.0 Å². The molecule has 0 heterocycles. The molecule has 1 unspecified atom stereocenters. The fourth-order valence-corrected chi connectivity index (χ4v) is 3.27. The number of Topliss-reactive ketones (excluding diaryl/α,β-unsaturated/α-hetero) is 3. The van der Waals surface area contributed by atoms with Crippen LogP contribution in [0.5, 0.6) is 11.5 Å². The maximum absolute atomic E-state index is 12.9. The number of carbonyl (C=O) groups excluding carboxylic acids is 3. The highest BCUT2D eigenvalue weighted by atomic mass is 16.3. The Morgan fingerprint density at radius 3 is 2.15 bits per heavy atom. The molecular weight excluding hydrogens is 348 g/mol. The van der Waals surface area contributed by atoms with E-state index >= 15 is 0 Å². The molecule has 0 aromatic heterocycles. The quantitative estimate of drug-likeness (QED) is 0.333. The van der Waals surface area contributed by atoms with E-state index in [1.165, 1.54) is 32.0 Å². The molecule has 2 aromatic rings. The van der Waals surface area contributed by atoms with Crippen molar-refractivity contribution in [1.82, 2.24) is 0 Å². The maximum Gasteiger partial charge on any atom is 0.177 e. The zero-order chi connectivity index (χ0) is 19.9. The number of aliphatic hydroxyl groups is 1. The second-order valence-corrected chi connectivity index (χ2v) is 6.62. The van der Waals surface area contributed by atoms with Crippen molar-refractivity contribution in [2.75, 3.05) is 0 Å². The lowest BCUT2D eigenvalue weighted by Crippen LogP contribution is -2.30. The van der Waals surface area contributed by atoms with E-state index in [-0.39, 0.29) is 40.6 Å². The van der Waals surface area contributed by atoms with E-state index in [1.54, 1.807) is 12.1 Å². The van der Waals surface area contributed by atoms with E-state index in [4.69, 9.17) is 0 Å². The first-order valence-corrected chi connectivity index (χ1v) is 8.34. The van der Waals surface area contributed by atoms with Crippen molar-refractivity contribution < 1.29 is 29.7 Å². The lowest BCUT2D eigenvalue weighted by molar-refractivity contribution is -0.128. The first kappa shape index (κ1) is 18.4. The highest BCUT2D eigenvalue weighted by Crippen LogP contribution is 2.38. The molecule has 1 aliphatic carbocycles. The number of fused-ring (bicyclic) bond motifs is 1. The number of aliphatic hydroxyl groups excluding tert-OH is 1. The summed E-state index contributed by atoms with van der Waals surface area (Å²) < 4.78 is 0. The Balaban J connectivity index is 2.31. The largest absolute Gasteiger partial charge is 0.508 e. The van der Waals surface area contributed by atoms with E-state index in [0.717, 1.165) is 6.07 Å². The topological polar surface area (TPSA) is 112 Å². The smallest absolute Gasteiger partial charge is 0.177 e. The summed E-state index contributed by atoms with van der Waals surface area (Å²) in [6.07, 6.45) is 0.184. The summed E-state index contributed by atoms with van der Waals surface area (Å²) in [7, 11) is 0. The monoisotopic (exact) mass is 366 g/mol. The van der Waals surface area contributed by atoms with Crippen molar-refractivity contribution in [3.63, 3.8) is 0 Å². The molecule has 0 fully saturated rings. The third-order valence-corrected chi connectivity index (χ3v) is 4.68. The molecule has 6 nitrogen and oxygen atoms in total. The highest BCUT2D eigenvalue weighted by molar-refractivity contribution is 6.33. The molecule has 6 heteroatoms. The molecule has 0 bridgehead atoms. The van der Waals surface area contributed by atoms with Crippen molar-refractivity contribution >= 4 is 28.7 Å².